The van der Waals surface area contributed by atoms with E-state index in [9.17, 15) is 44.3 Å². The minimum Gasteiger partial charge on any atom is -0.494 e. The molecule has 0 aromatic heterocycles. The molecule has 3 unspecified atom stereocenters. The summed E-state index contributed by atoms with van der Waals surface area (Å²) in [6.07, 6.45) is -14.2. The van der Waals surface area contributed by atoms with E-state index in [0.717, 1.165) is 83.5 Å². The van der Waals surface area contributed by atoms with Crippen LogP contribution in [0.1, 0.15) is 81.8 Å². The Morgan fingerprint density at radius 1 is 0.827 bits per heavy atom. The number of aliphatic carboxylic acids is 1. The van der Waals surface area contributed by atoms with Crippen LogP contribution < -0.4 is 4.74 Å². The number of aryl methyl sites for hydroxylation is 1. The average molecular weight is 761 g/mol. The first-order valence-electron chi connectivity index (χ1n) is 18.3. The zero-order chi connectivity index (χ0) is 38.0. The Morgan fingerprint density at radius 3 is 2.08 bits per heavy atom. The number of carbonyl (C=O) groups is 1. The lowest BCUT2D eigenvalue weighted by Crippen LogP contribution is -2.67. The van der Waals surface area contributed by atoms with Crippen molar-refractivity contribution in [2.24, 2.45) is 17.3 Å². The third kappa shape index (κ3) is 8.64. The third-order valence-corrected chi connectivity index (χ3v) is 12.0. The smallest absolute Gasteiger partial charge is 0.435 e. The Morgan fingerprint density at radius 2 is 1.46 bits per heavy atom. The molecule has 1 N–H and O–H groups in total. The molecule has 7 nitrogen and oxygen atoms in total. The van der Waals surface area contributed by atoms with Gasteiger partial charge in [0.15, 0.2) is 0 Å². The van der Waals surface area contributed by atoms with Crippen LogP contribution in [-0.2, 0) is 20.7 Å². The van der Waals surface area contributed by atoms with Gasteiger partial charge in [0.25, 0.3) is 0 Å². The number of nitrogens with zero attached hydrogens (tertiary/aromatic N) is 2. The first-order valence-corrected chi connectivity index (χ1v) is 18.3. The van der Waals surface area contributed by atoms with Gasteiger partial charge in [0, 0.05) is 45.8 Å². The van der Waals surface area contributed by atoms with Crippen LogP contribution in [0, 0.1) is 17.3 Å². The Kier molecular flexibility index (Phi) is 12.7. The first-order chi connectivity index (χ1) is 24.4. The molecule has 296 valence electrons. The van der Waals surface area contributed by atoms with Crippen molar-refractivity contribution in [1.29, 1.82) is 0 Å². The Bertz CT molecular complexity index is 1310. The molecule has 5 rings (SSSR count). The molecule has 0 amide bonds. The molecule has 0 bridgehead atoms. The predicted octanol–water partition coefficient (Wildman–Crippen LogP) is 8.01. The lowest BCUT2D eigenvalue weighted by molar-refractivity contribution is -0.457. The average Bonchev–Trinajstić information content (AvgIpc) is 3.39. The topological polar surface area (TPSA) is 71.5 Å². The van der Waals surface area contributed by atoms with E-state index in [1.54, 1.807) is 0 Å². The highest BCUT2D eigenvalue weighted by atomic mass is 19.4. The molecule has 0 radical (unpaired) electrons. The number of rotatable bonds is 15. The summed E-state index contributed by atoms with van der Waals surface area (Å²) >= 11 is 0. The van der Waals surface area contributed by atoms with Gasteiger partial charge in [-0.2, -0.15) is 39.5 Å². The number of halogens is 9. The summed E-state index contributed by atoms with van der Waals surface area (Å²) < 4.78 is 134. The monoisotopic (exact) mass is 760 g/mol. The Labute approximate surface area is 298 Å². The van der Waals surface area contributed by atoms with E-state index in [2.05, 4.69) is 33.6 Å². The molecule has 5 atom stereocenters. The Balaban J connectivity index is 1.06. The summed E-state index contributed by atoms with van der Waals surface area (Å²) in [6, 6.07) is 6.33. The molecule has 1 saturated heterocycles. The van der Waals surface area contributed by atoms with Gasteiger partial charge in [-0.25, -0.2) is 0 Å². The third-order valence-electron chi connectivity index (χ3n) is 12.0. The van der Waals surface area contributed by atoms with Gasteiger partial charge in [0.2, 0.25) is 0 Å². The second-order valence-corrected chi connectivity index (χ2v) is 15.0. The van der Waals surface area contributed by atoms with E-state index in [1.165, 1.54) is 11.1 Å². The number of benzene rings is 1. The van der Waals surface area contributed by atoms with Crippen LogP contribution in [0.2, 0.25) is 0 Å². The molecule has 1 aromatic rings. The normalized spacial score (nSPS) is 27.6. The largest absolute Gasteiger partial charge is 0.494 e. The summed E-state index contributed by atoms with van der Waals surface area (Å²) in [5, 5.41) is 8.82. The Hall–Kier alpha value is -2.30. The van der Waals surface area contributed by atoms with Crippen LogP contribution in [0.15, 0.2) is 18.2 Å². The quantitative estimate of drug-likeness (QED) is 0.144. The van der Waals surface area contributed by atoms with Crippen molar-refractivity contribution in [2.45, 2.75) is 107 Å². The first kappa shape index (κ1) is 40.9. The highest BCUT2D eigenvalue weighted by Gasteiger charge is 2.85. The molecule has 16 heteroatoms. The fraction of sp³-hybridized carbons (Fsp3) is 0.806. The molecule has 1 aliphatic heterocycles. The van der Waals surface area contributed by atoms with E-state index in [0.29, 0.717) is 37.2 Å². The van der Waals surface area contributed by atoms with Gasteiger partial charge in [-0.15, -0.1) is 0 Å². The highest BCUT2D eigenvalue weighted by molar-refractivity contribution is 5.66. The molecule has 52 heavy (non-hydrogen) atoms. The SMILES string of the molecule is C[C@]12CCC3c4ccc(OCCCN5CCN(CCCC(=O)O)CC5)cc4CCC3C1CC[C@@H]2OCCCOC(C(F)(F)F)(C(F)(F)F)C(F)(F)F. The van der Waals surface area contributed by atoms with Gasteiger partial charge in [-0.05, 0) is 111 Å². The lowest BCUT2D eigenvalue weighted by Gasteiger charge is -2.50. The van der Waals surface area contributed by atoms with E-state index >= 15 is 0 Å². The zero-order valence-corrected chi connectivity index (χ0v) is 29.4. The molecular formula is C36H49F9N2O5. The van der Waals surface area contributed by atoms with Crippen molar-refractivity contribution in [3.8, 4) is 5.75 Å². The summed E-state index contributed by atoms with van der Waals surface area (Å²) in [4.78, 5) is 15.5. The van der Waals surface area contributed by atoms with E-state index < -0.39 is 43.1 Å². The van der Waals surface area contributed by atoms with Crippen molar-refractivity contribution in [2.75, 3.05) is 59.1 Å². The number of hydrogen-bond acceptors (Lipinski definition) is 6. The molecule has 1 aromatic carbocycles. The van der Waals surface area contributed by atoms with Crippen molar-refractivity contribution in [3.63, 3.8) is 0 Å². The van der Waals surface area contributed by atoms with E-state index in [4.69, 9.17) is 14.6 Å². The van der Waals surface area contributed by atoms with Crippen molar-refractivity contribution in [3.05, 3.63) is 29.3 Å². The van der Waals surface area contributed by atoms with Gasteiger partial charge in [0.1, 0.15) is 5.75 Å². The number of ether oxygens (including phenoxy) is 3. The standard InChI is InChI=1S/C36H49F9N2O5/c1-32-13-12-27-26-9-7-25(50-20-3-15-47-18-16-46(17-19-47)14-2-5-31(48)49)23-24(26)6-8-28(27)29(32)10-11-30(32)51-21-4-22-52-33(34(37,38)39,35(40,41)42)36(43,44)45/h7,9,23,27-30H,2-6,8,10-22H2,1H3,(H,48,49)/t27?,28?,29?,30-,32-/m0/s1. The van der Waals surface area contributed by atoms with Crippen molar-refractivity contribution < 1.29 is 63.6 Å². The van der Waals surface area contributed by atoms with E-state index in [1.807, 2.05) is 6.07 Å². The maximum atomic E-state index is 13.2. The fourth-order valence-electron chi connectivity index (χ4n) is 9.28. The zero-order valence-electron chi connectivity index (χ0n) is 29.4. The van der Waals surface area contributed by atoms with E-state index in [-0.39, 0.29) is 24.5 Å². The second kappa shape index (κ2) is 16.2. The van der Waals surface area contributed by atoms with Gasteiger partial charge < -0.3 is 29.1 Å². The summed E-state index contributed by atoms with van der Waals surface area (Å²) in [5.41, 5.74) is -3.93. The summed E-state index contributed by atoms with van der Waals surface area (Å²) in [6.45, 7) is 6.51. The van der Waals surface area contributed by atoms with Crippen molar-refractivity contribution in [1.82, 2.24) is 9.80 Å². The summed E-state index contributed by atoms with van der Waals surface area (Å²) in [5.74, 6) is 1.13. The minimum absolute atomic E-state index is 0.199. The van der Waals surface area contributed by atoms with Crippen LogP contribution in [0.4, 0.5) is 39.5 Å². The van der Waals surface area contributed by atoms with Crippen LogP contribution in [0.25, 0.3) is 0 Å². The molecule has 2 saturated carbocycles. The lowest BCUT2D eigenvalue weighted by atomic mass is 9.55. The molecule has 0 spiro atoms. The van der Waals surface area contributed by atoms with Gasteiger partial charge in [-0.3, -0.25) is 4.79 Å². The number of fused-ring (bicyclic) bond motifs is 5. The molecule has 4 aliphatic rings. The number of piperazine rings is 1. The predicted molar refractivity (Wildman–Crippen MR) is 172 cm³/mol. The highest BCUT2D eigenvalue weighted by Crippen LogP contribution is 2.62. The summed E-state index contributed by atoms with van der Waals surface area (Å²) in [7, 11) is 0. The van der Waals surface area contributed by atoms with Gasteiger partial charge >= 0.3 is 30.1 Å². The number of carboxylic acid groups (broad SMARTS) is 1. The second-order valence-electron chi connectivity index (χ2n) is 15.0. The van der Waals surface area contributed by atoms with Crippen LogP contribution in [0.3, 0.4) is 0 Å². The van der Waals surface area contributed by atoms with Gasteiger partial charge in [-0.1, -0.05) is 13.0 Å². The maximum absolute atomic E-state index is 13.2. The number of alkyl halides is 9. The van der Waals surface area contributed by atoms with Crippen LogP contribution in [-0.4, -0.2) is 110 Å². The fourth-order valence-corrected chi connectivity index (χ4v) is 9.28. The van der Waals surface area contributed by atoms with Crippen LogP contribution in [0.5, 0.6) is 5.75 Å². The molecular weight excluding hydrogens is 711 g/mol. The molecule has 1 heterocycles. The number of carboxylic acids is 1. The minimum atomic E-state index is -6.74. The molecule has 3 fully saturated rings. The van der Waals surface area contributed by atoms with Crippen LogP contribution >= 0.6 is 0 Å². The maximum Gasteiger partial charge on any atom is 0.435 e. The number of hydrogen-bond donors (Lipinski definition) is 1. The molecule has 3 aliphatic carbocycles. The van der Waals surface area contributed by atoms with Crippen molar-refractivity contribution >= 4 is 5.97 Å². The van der Waals surface area contributed by atoms with Gasteiger partial charge in [0.05, 0.1) is 19.3 Å².